The summed E-state index contributed by atoms with van der Waals surface area (Å²) in [6.07, 6.45) is 0. The van der Waals surface area contributed by atoms with Gasteiger partial charge in [0.15, 0.2) is 5.75 Å². The Morgan fingerprint density at radius 1 is 0.821 bits per heavy atom. The minimum atomic E-state index is -4.31. The molecule has 0 unspecified atom stereocenters. The summed E-state index contributed by atoms with van der Waals surface area (Å²) >= 11 is 12.0. The topological polar surface area (TPSA) is 77.9 Å². The molecular formula is C29H25Cl2FN2O4S. The first kappa shape index (κ1) is 28.6. The molecule has 0 spiro atoms. The van der Waals surface area contributed by atoms with Crippen LogP contribution in [0.5, 0.6) is 5.75 Å². The second-order valence-corrected chi connectivity index (χ2v) is 11.7. The molecule has 0 aromatic heterocycles. The van der Waals surface area contributed by atoms with Gasteiger partial charge in [-0.3, -0.25) is 4.79 Å². The Kier molecular flexibility index (Phi) is 8.92. The fourth-order valence-electron chi connectivity index (χ4n) is 4.00. The Morgan fingerprint density at radius 2 is 1.36 bits per heavy atom. The van der Waals surface area contributed by atoms with Gasteiger partial charge in [-0.05, 0) is 53.1 Å². The van der Waals surface area contributed by atoms with E-state index in [4.69, 9.17) is 23.2 Å². The lowest BCUT2D eigenvalue weighted by molar-refractivity contribution is 0.0785. The van der Waals surface area contributed by atoms with E-state index in [9.17, 15) is 22.7 Å². The third kappa shape index (κ3) is 6.96. The number of phenols is 1. The molecule has 0 saturated heterocycles. The van der Waals surface area contributed by atoms with Gasteiger partial charge in [-0.15, -0.1) is 0 Å². The summed E-state index contributed by atoms with van der Waals surface area (Å²) < 4.78 is 42.0. The van der Waals surface area contributed by atoms with Crippen molar-refractivity contribution in [1.82, 2.24) is 9.21 Å². The summed E-state index contributed by atoms with van der Waals surface area (Å²) in [5.74, 6) is -1.25. The molecule has 39 heavy (non-hydrogen) atoms. The molecule has 4 aromatic rings. The molecule has 4 rings (SSSR count). The Morgan fingerprint density at radius 3 is 1.95 bits per heavy atom. The van der Waals surface area contributed by atoms with Crippen LogP contribution in [0, 0.1) is 5.82 Å². The molecule has 0 fully saturated rings. The van der Waals surface area contributed by atoms with Crippen molar-refractivity contribution in [1.29, 1.82) is 0 Å². The van der Waals surface area contributed by atoms with Crippen LogP contribution in [-0.2, 0) is 29.7 Å². The molecule has 4 aromatic carbocycles. The molecule has 6 nitrogen and oxygen atoms in total. The van der Waals surface area contributed by atoms with Crippen LogP contribution in [0.3, 0.4) is 0 Å². The lowest BCUT2D eigenvalue weighted by atomic mass is 10.1. The van der Waals surface area contributed by atoms with Gasteiger partial charge in [-0.2, -0.15) is 4.31 Å². The second-order valence-electron chi connectivity index (χ2n) is 8.98. The average Bonchev–Trinajstić information content (AvgIpc) is 2.92. The molecule has 1 amide bonds. The van der Waals surface area contributed by atoms with E-state index in [1.807, 2.05) is 30.3 Å². The standard InChI is InChI=1S/C29H25Cl2FN2O4S/c1-33(17-20-5-3-2-4-6-20)29(36)23-11-7-21(8-12-23)18-34(19-22-9-13-25(32)14-10-22)39(37,38)27-16-24(30)15-26(31)28(27)35/h2-16,35H,17-19H2,1H3. The van der Waals surface area contributed by atoms with Gasteiger partial charge < -0.3 is 10.0 Å². The fraction of sp³-hybridized carbons (Fsp3) is 0.138. The highest BCUT2D eigenvalue weighted by molar-refractivity contribution is 7.89. The predicted molar refractivity (Wildman–Crippen MR) is 150 cm³/mol. The number of aromatic hydroxyl groups is 1. The van der Waals surface area contributed by atoms with Crippen LogP contribution < -0.4 is 0 Å². The number of carbonyl (C=O) groups excluding carboxylic acids is 1. The van der Waals surface area contributed by atoms with Crippen LogP contribution in [0.4, 0.5) is 4.39 Å². The second kappa shape index (κ2) is 12.2. The van der Waals surface area contributed by atoms with Gasteiger partial charge in [-0.25, -0.2) is 12.8 Å². The van der Waals surface area contributed by atoms with E-state index < -0.39 is 26.5 Å². The monoisotopic (exact) mass is 586 g/mol. The van der Waals surface area contributed by atoms with Gasteiger partial charge in [0.2, 0.25) is 10.0 Å². The van der Waals surface area contributed by atoms with Gasteiger partial charge in [0, 0.05) is 37.3 Å². The van der Waals surface area contributed by atoms with E-state index in [-0.39, 0.29) is 29.0 Å². The van der Waals surface area contributed by atoms with Crippen LogP contribution in [0.15, 0.2) is 95.9 Å². The van der Waals surface area contributed by atoms with Gasteiger partial charge in [0.1, 0.15) is 10.7 Å². The lowest BCUT2D eigenvalue weighted by Gasteiger charge is -2.24. The number of amides is 1. The van der Waals surface area contributed by atoms with E-state index >= 15 is 0 Å². The Hall–Kier alpha value is -3.43. The van der Waals surface area contributed by atoms with Crippen LogP contribution in [0.1, 0.15) is 27.0 Å². The fourth-order valence-corrected chi connectivity index (χ4v) is 6.16. The summed E-state index contributed by atoms with van der Waals surface area (Å²) in [4.78, 5) is 14.1. The molecule has 1 N–H and O–H groups in total. The Bertz CT molecular complexity index is 1570. The number of sulfonamides is 1. The maximum Gasteiger partial charge on any atom is 0.253 e. The minimum absolute atomic E-state index is 0.0422. The summed E-state index contributed by atoms with van der Waals surface area (Å²) in [6.45, 7) is 0.223. The molecule has 0 aliphatic carbocycles. The van der Waals surface area contributed by atoms with Crippen molar-refractivity contribution in [2.75, 3.05) is 7.05 Å². The number of phenolic OH excluding ortho intramolecular Hbond substituents is 1. The number of carbonyl (C=O) groups is 1. The summed E-state index contributed by atoms with van der Waals surface area (Å²) in [6, 6.07) is 24.0. The highest BCUT2D eigenvalue weighted by atomic mass is 35.5. The number of hydrogen-bond acceptors (Lipinski definition) is 4. The lowest BCUT2D eigenvalue weighted by Crippen LogP contribution is -2.30. The maximum absolute atomic E-state index is 13.7. The van der Waals surface area contributed by atoms with Crippen molar-refractivity contribution in [3.8, 4) is 5.75 Å². The third-order valence-corrected chi connectivity index (χ3v) is 8.36. The normalized spacial score (nSPS) is 11.5. The van der Waals surface area contributed by atoms with E-state index in [0.717, 1.165) is 15.9 Å². The zero-order chi connectivity index (χ0) is 28.2. The molecular weight excluding hydrogens is 562 g/mol. The third-order valence-electron chi connectivity index (χ3n) is 6.05. The molecule has 0 atom stereocenters. The van der Waals surface area contributed by atoms with E-state index in [2.05, 4.69) is 0 Å². The van der Waals surface area contributed by atoms with Crippen molar-refractivity contribution >= 4 is 39.1 Å². The zero-order valence-electron chi connectivity index (χ0n) is 20.9. The number of rotatable bonds is 9. The Balaban J connectivity index is 1.60. The van der Waals surface area contributed by atoms with Crippen molar-refractivity contribution in [3.63, 3.8) is 0 Å². The molecule has 0 aliphatic heterocycles. The van der Waals surface area contributed by atoms with Crippen molar-refractivity contribution in [2.24, 2.45) is 0 Å². The predicted octanol–water partition coefficient (Wildman–Crippen LogP) is 6.50. The smallest absolute Gasteiger partial charge is 0.253 e. The largest absolute Gasteiger partial charge is 0.505 e. The van der Waals surface area contributed by atoms with Gasteiger partial charge in [0.25, 0.3) is 5.91 Å². The van der Waals surface area contributed by atoms with Crippen LogP contribution >= 0.6 is 23.2 Å². The first-order chi connectivity index (χ1) is 18.5. The van der Waals surface area contributed by atoms with Gasteiger partial charge >= 0.3 is 0 Å². The van der Waals surface area contributed by atoms with Gasteiger partial charge in [0.05, 0.1) is 5.02 Å². The molecule has 10 heteroatoms. The van der Waals surface area contributed by atoms with Crippen LogP contribution in [0.25, 0.3) is 0 Å². The molecule has 0 aliphatic rings. The first-order valence-corrected chi connectivity index (χ1v) is 14.0. The highest BCUT2D eigenvalue weighted by Gasteiger charge is 2.29. The number of hydrogen-bond donors (Lipinski definition) is 1. The maximum atomic E-state index is 13.7. The van der Waals surface area contributed by atoms with E-state index in [0.29, 0.717) is 23.2 Å². The summed E-state index contributed by atoms with van der Waals surface area (Å²) in [5.41, 5.74) is 2.57. The first-order valence-electron chi connectivity index (χ1n) is 11.9. The molecule has 0 heterocycles. The quantitative estimate of drug-likeness (QED) is 0.243. The SMILES string of the molecule is CN(Cc1ccccc1)C(=O)c1ccc(CN(Cc2ccc(F)cc2)S(=O)(=O)c2cc(Cl)cc(Cl)c2O)cc1. The molecule has 202 valence electrons. The highest BCUT2D eigenvalue weighted by Crippen LogP contribution is 2.36. The van der Waals surface area contributed by atoms with Crippen molar-refractivity contribution in [2.45, 2.75) is 24.5 Å². The number of benzene rings is 4. The Labute approximate surface area is 236 Å². The average molecular weight is 588 g/mol. The minimum Gasteiger partial charge on any atom is -0.505 e. The molecule has 0 bridgehead atoms. The van der Waals surface area contributed by atoms with Crippen molar-refractivity contribution in [3.05, 3.63) is 129 Å². The number of halogens is 3. The van der Waals surface area contributed by atoms with E-state index in [1.165, 1.54) is 30.3 Å². The van der Waals surface area contributed by atoms with Crippen LogP contribution in [-0.4, -0.2) is 35.7 Å². The van der Waals surface area contributed by atoms with Crippen LogP contribution in [0.2, 0.25) is 10.0 Å². The summed E-state index contributed by atoms with van der Waals surface area (Å²) in [7, 11) is -2.60. The van der Waals surface area contributed by atoms with E-state index in [1.54, 1.807) is 36.2 Å². The molecule has 0 saturated carbocycles. The van der Waals surface area contributed by atoms with Gasteiger partial charge in [-0.1, -0.05) is 77.8 Å². The van der Waals surface area contributed by atoms with Crippen molar-refractivity contribution < 1.29 is 22.7 Å². The summed E-state index contributed by atoms with van der Waals surface area (Å²) in [5, 5.41) is 10.3. The zero-order valence-corrected chi connectivity index (χ0v) is 23.2. The number of nitrogens with zero attached hydrogens (tertiary/aromatic N) is 2. The molecule has 0 radical (unpaired) electrons.